The molecule has 0 saturated carbocycles. The first-order chi connectivity index (χ1) is 16.3. The van der Waals surface area contributed by atoms with E-state index in [4.69, 9.17) is 4.74 Å². The van der Waals surface area contributed by atoms with Gasteiger partial charge >= 0.3 is 0 Å². The predicted molar refractivity (Wildman–Crippen MR) is 133 cm³/mol. The second kappa shape index (κ2) is 9.92. The van der Waals surface area contributed by atoms with E-state index in [-0.39, 0.29) is 11.4 Å². The molecule has 0 N–H and O–H groups in total. The molecule has 9 heteroatoms. The SMILES string of the molecule is CCN(Cc1ccccc1)S(=O)(=O)c1ccc(C(=O)N=c2sc3cc(OC)ccc3n2C)cc1. The zero-order valence-corrected chi connectivity index (χ0v) is 20.8. The van der Waals surface area contributed by atoms with Crippen LogP contribution in [0.4, 0.5) is 0 Å². The van der Waals surface area contributed by atoms with Gasteiger partial charge in [0.25, 0.3) is 5.91 Å². The summed E-state index contributed by atoms with van der Waals surface area (Å²) >= 11 is 1.38. The molecule has 0 spiro atoms. The van der Waals surface area contributed by atoms with Crippen LogP contribution in [0.1, 0.15) is 22.8 Å². The molecule has 0 aliphatic carbocycles. The van der Waals surface area contributed by atoms with Crippen molar-refractivity contribution in [2.45, 2.75) is 18.4 Å². The Bertz CT molecular complexity index is 1490. The number of thiazole rings is 1. The number of amides is 1. The molecule has 0 radical (unpaired) electrons. The van der Waals surface area contributed by atoms with Crippen LogP contribution in [0.2, 0.25) is 0 Å². The Kier molecular flexibility index (Phi) is 6.97. The van der Waals surface area contributed by atoms with Crippen LogP contribution in [-0.2, 0) is 23.6 Å². The number of carbonyl (C=O) groups excluding carboxylic acids is 1. The molecule has 3 aromatic carbocycles. The van der Waals surface area contributed by atoms with E-state index in [1.807, 2.05) is 60.1 Å². The van der Waals surface area contributed by atoms with Crippen molar-refractivity contribution in [2.24, 2.45) is 12.0 Å². The predicted octanol–water partition coefficient (Wildman–Crippen LogP) is 4.20. The lowest BCUT2D eigenvalue weighted by molar-refractivity contribution is 0.0998. The number of hydrogen-bond acceptors (Lipinski definition) is 5. The molecule has 4 aromatic rings. The fourth-order valence-corrected chi connectivity index (χ4v) is 6.05. The topological polar surface area (TPSA) is 81.0 Å². The minimum atomic E-state index is -3.70. The number of carbonyl (C=O) groups is 1. The van der Waals surface area contributed by atoms with Gasteiger partial charge in [-0.3, -0.25) is 4.79 Å². The molecule has 34 heavy (non-hydrogen) atoms. The van der Waals surface area contributed by atoms with Crippen LogP contribution in [0.5, 0.6) is 5.75 Å². The molecule has 0 unspecified atom stereocenters. The second-order valence-electron chi connectivity index (χ2n) is 7.64. The Labute approximate surface area is 202 Å². The van der Waals surface area contributed by atoms with Crippen molar-refractivity contribution in [1.29, 1.82) is 0 Å². The number of methoxy groups -OCH3 is 1. The normalized spacial score (nSPS) is 12.4. The number of nitrogens with zero attached hydrogens (tertiary/aromatic N) is 3. The number of rotatable bonds is 7. The highest BCUT2D eigenvalue weighted by Gasteiger charge is 2.23. The van der Waals surface area contributed by atoms with Gasteiger partial charge in [-0.1, -0.05) is 48.6 Å². The van der Waals surface area contributed by atoms with Crippen LogP contribution in [0.15, 0.2) is 82.7 Å². The first-order valence-electron chi connectivity index (χ1n) is 10.7. The molecular weight excluding hydrogens is 470 g/mol. The fraction of sp³-hybridized carbons (Fsp3) is 0.200. The third-order valence-corrected chi connectivity index (χ3v) is 8.54. The van der Waals surface area contributed by atoms with Crippen LogP contribution >= 0.6 is 11.3 Å². The zero-order valence-electron chi connectivity index (χ0n) is 19.1. The fourth-order valence-electron chi connectivity index (χ4n) is 3.57. The van der Waals surface area contributed by atoms with Crippen molar-refractivity contribution in [3.05, 3.63) is 88.7 Å². The summed E-state index contributed by atoms with van der Waals surface area (Å²) in [7, 11) is -0.251. The number of sulfonamides is 1. The number of aromatic nitrogens is 1. The van der Waals surface area contributed by atoms with Crippen LogP contribution < -0.4 is 9.54 Å². The molecule has 4 rings (SSSR count). The minimum absolute atomic E-state index is 0.140. The lowest BCUT2D eigenvalue weighted by Crippen LogP contribution is -2.30. The van der Waals surface area contributed by atoms with Crippen molar-refractivity contribution in [1.82, 2.24) is 8.87 Å². The summed E-state index contributed by atoms with van der Waals surface area (Å²) < 4.78 is 35.8. The van der Waals surface area contributed by atoms with Crippen molar-refractivity contribution in [2.75, 3.05) is 13.7 Å². The molecule has 0 fully saturated rings. The quantitative estimate of drug-likeness (QED) is 0.385. The van der Waals surface area contributed by atoms with E-state index >= 15 is 0 Å². The third-order valence-electron chi connectivity index (χ3n) is 5.51. The summed E-state index contributed by atoms with van der Waals surface area (Å²) in [5.74, 6) is 0.298. The van der Waals surface area contributed by atoms with Gasteiger partial charge in [0.15, 0.2) is 4.80 Å². The minimum Gasteiger partial charge on any atom is -0.497 e. The van der Waals surface area contributed by atoms with Gasteiger partial charge in [0.1, 0.15) is 5.75 Å². The van der Waals surface area contributed by atoms with Crippen LogP contribution in [0.25, 0.3) is 10.2 Å². The zero-order chi connectivity index (χ0) is 24.3. The van der Waals surface area contributed by atoms with Gasteiger partial charge in [-0.05, 0) is 48.0 Å². The number of ether oxygens (including phenoxy) is 1. The Hall–Kier alpha value is -3.27. The first-order valence-corrected chi connectivity index (χ1v) is 13.0. The van der Waals surface area contributed by atoms with E-state index in [0.29, 0.717) is 16.9 Å². The lowest BCUT2D eigenvalue weighted by Gasteiger charge is -2.20. The monoisotopic (exact) mass is 495 g/mol. The number of aryl methyl sites for hydroxylation is 1. The summed E-state index contributed by atoms with van der Waals surface area (Å²) in [5.41, 5.74) is 2.17. The average molecular weight is 496 g/mol. The van der Waals surface area contributed by atoms with E-state index in [1.54, 1.807) is 14.0 Å². The Morgan fingerprint density at radius 2 is 1.76 bits per heavy atom. The average Bonchev–Trinajstić information content (AvgIpc) is 3.17. The molecule has 0 bridgehead atoms. The third kappa shape index (κ3) is 4.82. The Balaban J connectivity index is 1.59. The summed E-state index contributed by atoms with van der Waals surface area (Å²) in [6, 6.07) is 21.1. The van der Waals surface area contributed by atoms with Crippen molar-refractivity contribution >= 4 is 37.5 Å². The standard InChI is InChI=1S/C25H25N3O4S2/c1-4-28(17-18-8-6-5-7-9-18)34(30,31)21-13-10-19(11-14-21)24(29)26-25-27(2)22-15-12-20(32-3)16-23(22)33-25/h5-16H,4,17H2,1-3H3. The molecule has 1 aromatic heterocycles. The molecule has 7 nitrogen and oxygen atoms in total. The number of hydrogen-bond donors (Lipinski definition) is 0. The highest BCUT2D eigenvalue weighted by molar-refractivity contribution is 7.89. The van der Waals surface area contributed by atoms with Crippen LogP contribution in [0, 0.1) is 0 Å². The van der Waals surface area contributed by atoms with Gasteiger partial charge in [0, 0.05) is 25.7 Å². The van der Waals surface area contributed by atoms with Crippen LogP contribution in [0.3, 0.4) is 0 Å². The van der Waals surface area contributed by atoms with Crippen molar-refractivity contribution in [3.63, 3.8) is 0 Å². The first kappa shape index (κ1) is 23.9. The molecule has 176 valence electrons. The smallest absolute Gasteiger partial charge is 0.279 e. The number of benzene rings is 3. The maximum atomic E-state index is 13.1. The van der Waals surface area contributed by atoms with Gasteiger partial charge in [0.05, 0.1) is 22.2 Å². The van der Waals surface area contributed by atoms with E-state index < -0.39 is 15.9 Å². The van der Waals surface area contributed by atoms with E-state index in [2.05, 4.69) is 4.99 Å². The van der Waals surface area contributed by atoms with Crippen molar-refractivity contribution < 1.29 is 17.9 Å². The number of fused-ring (bicyclic) bond motifs is 1. The van der Waals surface area contributed by atoms with Gasteiger partial charge in [-0.25, -0.2) is 8.42 Å². The second-order valence-corrected chi connectivity index (χ2v) is 10.6. The summed E-state index contributed by atoms with van der Waals surface area (Å²) in [5, 5.41) is 0. The highest BCUT2D eigenvalue weighted by atomic mass is 32.2. The van der Waals surface area contributed by atoms with E-state index in [1.165, 1.54) is 39.9 Å². The van der Waals surface area contributed by atoms with Gasteiger partial charge in [-0.2, -0.15) is 9.30 Å². The van der Waals surface area contributed by atoms with Gasteiger partial charge in [0.2, 0.25) is 10.0 Å². The van der Waals surface area contributed by atoms with E-state index in [9.17, 15) is 13.2 Å². The molecular formula is C25H25N3O4S2. The summed E-state index contributed by atoms with van der Waals surface area (Å²) in [4.78, 5) is 17.7. The maximum absolute atomic E-state index is 13.1. The highest BCUT2D eigenvalue weighted by Crippen LogP contribution is 2.23. The largest absolute Gasteiger partial charge is 0.497 e. The molecule has 0 saturated heterocycles. The van der Waals surface area contributed by atoms with Crippen LogP contribution in [-0.4, -0.2) is 36.9 Å². The lowest BCUT2D eigenvalue weighted by atomic mass is 10.2. The van der Waals surface area contributed by atoms with Gasteiger partial charge in [-0.15, -0.1) is 0 Å². The Morgan fingerprint density at radius 1 is 1.06 bits per heavy atom. The summed E-state index contributed by atoms with van der Waals surface area (Å²) in [6.45, 7) is 2.42. The molecule has 1 amide bonds. The maximum Gasteiger partial charge on any atom is 0.279 e. The van der Waals surface area contributed by atoms with Gasteiger partial charge < -0.3 is 9.30 Å². The molecule has 0 aliphatic heterocycles. The van der Waals surface area contributed by atoms with E-state index in [0.717, 1.165) is 21.5 Å². The summed E-state index contributed by atoms with van der Waals surface area (Å²) in [6.07, 6.45) is 0. The Morgan fingerprint density at radius 3 is 2.41 bits per heavy atom. The molecule has 0 atom stereocenters. The molecule has 1 heterocycles. The molecule has 0 aliphatic rings. The van der Waals surface area contributed by atoms with Crippen molar-refractivity contribution in [3.8, 4) is 5.75 Å².